The number of para-hydroxylation sites is 2. The van der Waals surface area contributed by atoms with Gasteiger partial charge in [0.15, 0.2) is 0 Å². The first-order valence-corrected chi connectivity index (χ1v) is 18.8. The van der Waals surface area contributed by atoms with Crippen molar-refractivity contribution in [3.63, 3.8) is 0 Å². The molecule has 222 valence electrons. The third-order valence-corrected chi connectivity index (χ3v) is 13.9. The second kappa shape index (κ2) is 9.79. The lowest BCUT2D eigenvalue weighted by molar-refractivity contribution is 0.482. The van der Waals surface area contributed by atoms with Crippen LogP contribution in [0.3, 0.4) is 0 Å². The monoisotopic (exact) mass is 768 g/mol. The number of rotatable bonds is 4. The number of hydrogen-bond acceptors (Lipinski definition) is 5. The molecule has 0 saturated heterocycles. The molecule has 2 aliphatic carbocycles. The van der Waals surface area contributed by atoms with Crippen LogP contribution >= 0.6 is 65.9 Å². The second-order valence-electron chi connectivity index (χ2n) is 12.8. The van der Waals surface area contributed by atoms with Crippen molar-refractivity contribution < 1.29 is 9.47 Å². The summed E-state index contributed by atoms with van der Waals surface area (Å²) in [5.41, 5.74) is 7.23. The van der Waals surface area contributed by atoms with Gasteiger partial charge >= 0.3 is 0 Å². The van der Waals surface area contributed by atoms with Crippen molar-refractivity contribution in [3.05, 3.63) is 115 Å². The summed E-state index contributed by atoms with van der Waals surface area (Å²) in [4.78, 5) is 2.58. The SMILES string of the molecule is CC1(C)c2cc(Br)sc2-c2c(Oc3ccccc3)cc3c4c(c(Oc5ccccc5)cc3c21)-c1sc2cc(Br)sc2c1C4(C)C. The van der Waals surface area contributed by atoms with E-state index in [1.54, 1.807) is 11.3 Å². The summed E-state index contributed by atoms with van der Waals surface area (Å²) in [7, 11) is 0. The minimum Gasteiger partial charge on any atom is -0.457 e. The number of thiophene rings is 3. The van der Waals surface area contributed by atoms with Crippen LogP contribution in [0.4, 0.5) is 0 Å². The zero-order valence-electron chi connectivity index (χ0n) is 24.9. The highest BCUT2D eigenvalue weighted by Crippen LogP contribution is 2.65. The van der Waals surface area contributed by atoms with Gasteiger partial charge < -0.3 is 9.47 Å². The molecule has 9 rings (SSSR count). The number of fused-ring (bicyclic) bond motifs is 11. The maximum absolute atomic E-state index is 6.87. The van der Waals surface area contributed by atoms with E-state index < -0.39 is 0 Å². The summed E-state index contributed by atoms with van der Waals surface area (Å²) in [5, 5.41) is 2.46. The van der Waals surface area contributed by atoms with Crippen molar-refractivity contribution in [2.24, 2.45) is 0 Å². The molecule has 0 aliphatic heterocycles. The Kier molecular flexibility index (Phi) is 6.15. The molecule has 0 fully saturated rings. The van der Waals surface area contributed by atoms with E-state index in [2.05, 4.69) is 83.8 Å². The molecule has 0 N–H and O–H groups in total. The van der Waals surface area contributed by atoms with Crippen LogP contribution in [0, 0.1) is 0 Å². The molecule has 2 nitrogen and oxygen atoms in total. The number of halogens is 2. The lowest BCUT2D eigenvalue weighted by Gasteiger charge is -2.28. The van der Waals surface area contributed by atoms with Gasteiger partial charge in [-0.1, -0.05) is 64.1 Å². The van der Waals surface area contributed by atoms with E-state index in [4.69, 9.17) is 9.47 Å². The summed E-state index contributed by atoms with van der Waals surface area (Å²) in [6.45, 7) is 9.46. The fourth-order valence-electron chi connectivity index (χ4n) is 7.51. The lowest BCUT2D eigenvalue weighted by Crippen LogP contribution is -2.18. The van der Waals surface area contributed by atoms with Gasteiger partial charge in [-0.3, -0.25) is 0 Å². The molecule has 7 heteroatoms. The number of hydrogen-bond donors (Lipinski definition) is 0. The molecule has 45 heavy (non-hydrogen) atoms. The van der Waals surface area contributed by atoms with E-state index in [1.165, 1.54) is 67.1 Å². The Morgan fingerprint density at radius 2 is 1.09 bits per heavy atom. The zero-order valence-corrected chi connectivity index (χ0v) is 30.5. The Morgan fingerprint density at radius 3 is 1.69 bits per heavy atom. The molecule has 0 bridgehead atoms. The highest BCUT2D eigenvalue weighted by molar-refractivity contribution is 9.11. The van der Waals surface area contributed by atoms with E-state index in [-0.39, 0.29) is 10.8 Å². The summed E-state index contributed by atoms with van der Waals surface area (Å²) in [6.07, 6.45) is 0. The largest absolute Gasteiger partial charge is 0.457 e. The average molecular weight is 771 g/mol. The molecule has 0 radical (unpaired) electrons. The normalized spacial score (nSPS) is 15.2. The van der Waals surface area contributed by atoms with Gasteiger partial charge in [-0.05, 0) is 113 Å². The number of ether oxygens (including phenoxy) is 2. The predicted molar refractivity (Wildman–Crippen MR) is 199 cm³/mol. The first-order valence-electron chi connectivity index (χ1n) is 14.8. The van der Waals surface area contributed by atoms with E-state index >= 15 is 0 Å². The van der Waals surface area contributed by atoms with Crippen LogP contribution in [-0.4, -0.2) is 0 Å². The van der Waals surface area contributed by atoms with Gasteiger partial charge in [0.05, 0.1) is 12.3 Å². The van der Waals surface area contributed by atoms with Crippen LogP contribution in [0.25, 0.3) is 41.1 Å². The van der Waals surface area contributed by atoms with E-state index in [9.17, 15) is 0 Å². The summed E-state index contributed by atoms with van der Waals surface area (Å²) >= 11 is 13.1. The fourth-order valence-corrected chi connectivity index (χ4v) is 12.9. The third-order valence-electron chi connectivity index (χ3n) is 9.35. The first-order chi connectivity index (χ1) is 21.6. The van der Waals surface area contributed by atoms with Crippen LogP contribution in [0.2, 0.25) is 0 Å². The molecule has 2 aliphatic rings. The van der Waals surface area contributed by atoms with E-state index in [0.717, 1.165) is 26.8 Å². The zero-order chi connectivity index (χ0) is 30.8. The molecular weight excluding hydrogens is 744 g/mol. The lowest BCUT2D eigenvalue weighted by atomic mass is 9.76. The van der Waals surface area contributed by atoms with Crippen molar-refractivity contribution in [1.82, 2.24) is 0 Å². The summed E-state index contributed by atoms with van der Waals surface area (Å²) in [5.74, 6) is 3.49. The van der Waals surface area contributed by atoms with Crippen molar-refractivity contribution in [2.45, 2.75) is 38.5 Å². The quantitative estimate of drug-likeness (QED) is 0.177. The standard InChI is InChI=1S/C38H26Br2O2S3/c1-37(2)23-17-27(39)44-34(23)29-24(41-19-11-7-5-8-12-19)16-22-21(31(29)37)15-25(42-20-13-9-6-10-14-20)30-32(22)38(3,4)33-35-26(43-36(30)33)18-28(40)45-35/h5-18H,1-4H3. The predicted octanol–water partition coefficient (Wildman–Crippen LogP) is 13.9. The Balaban J connectivity index is 1.42. The molecule has 3 aromatic heterocycles. The molecule has 0 saturated carbocycles. The van der Waals surface area contributed by atoms with Crippen molar-refractivity contribution >= 4 is 86.0 Å². The average Bonchev–Trinajstić information content (AvgIpc) is 3.76. The van der Waals surface area contributed by atoms with Crippen LogP contribution in [-0.2, 0) is 10.8 Å². The van der Waals surface area contributed by atoms with Crippen molar-refractivity contribution in [2.75, 3.05) is 0 Å². The van der Waals surface area contributed by atoms with E-state index in [0.29, 0.717) is 0 Å². The van der Waals surface area contributed by atoms with Gasteiger partial charge in [-0.15, -0.1) is 34.0 Å². The molecule has 4 aromatic carbocycles. The van der Waals surface area contributed by atoms with Gasteiger partial charge in [0.2, 0.25) is 0 Å². The number of benzene rings is 4. The van der Waals surface area contributed by atoms with Crippen LogP contribution in [0.1, 0.15) is 49.9 Å². The first kappa shape index (κ1) is 28.3. The molecule has 0 amide bonds. The molecular formula is C38H26Br2O2S3. The third kappa shape index (κ3) is 4.01. The van der Waals surface area contributed by atoms with Crippen LogP contribution in [0.5, 0.6) is 23.0 Å². The van der Waals surface area contributed by atoms with Gasteiger partial charge in [-0.2, -0.15) is 0 Å². The van der Waals surface area contributed by atoms with Crippen LogP contribution < -0.4 is 9.47 Å². The fraction of sp³-hybridized carbons (Fsp3) is 0.158. The second-order valence-corrected chi connectivity index (χ2v) is 18.7. The maximum Gasteiger partial charge on any atom is 0.137 e. The van der Waals surface area contributed by atoms with Crippen molar-refractivity contribution in [3.8, 4) is 43.9 Å². The Bertz CT molecular complexity index is 2340. The molecule has 3 heterocycles. The maximum atomic E-state index is 6.87. The van der Waals surface area contributed by atoms with Crippen molar-refractivity contribution in [1.29, 1.82) is 0 Å². The van der Waals surface area contributed by atoms with Gasteiger partial charge in [-0.25, -0.2) is 0 Å². The molecule has 7 aromatic rings. The Labute approximate surface area is 290 Å². The Hall–Kier alpha value is -2.94. The minimum absolute atomic E-state index is 0.237. The topological polar surface area (TPSA) is 18.5 Å². The molecule has 0 atom stereocenters. The molecule has 0 spiro atoms. The minimum atomic E-state index is -0.254. The van der Waals surface area contributed by atoms with E-state index in [1.807, 2.05) is 83.3 Å². The van der Waals surface area contributed by atoms with Crippen LogP contribution in [0.15, 0.2) is 92.5 Å². The van der Waals surface area contributed by atoms with Gasteiger partial charge in [0.1, 0.15) is 23.0 Å². The highest BCUT2D eigenvalue weighted by atomic mass is 79.9. The Morgan fingerprint density at radius 1 is 0.556 bits per heavy atom. The molecule has 0 unspecified atom stereocenters. The van der Waals surface area contributed by atoms with Gasteiger partial charge in [0, 0.05) is 36.4 Å². The summed E-state index contributed by atoms with van der Waals surface area (Å²) < 4.78 is 18.7. The summed E-state index contributed by atoms with van der Waals surface area (Å²) in [6, 6.07) is 29.5. The smallest absolute Gasteiger partial charge is 0.137 e. The van der Waals surface area contributed by atoms with Gasteiger partial charge in [0.25, 0.3) is 0 Å². The highest BCUT2D eigenvalue weighted by Gasteiger charge is 2.46.